The van der Waals surface area contributed by atoms with Gasteiger partial charge in [-0.3, -0.25) is 10.00 Å². The lowest BCUT2D eigenvalue weighted by atomic mass is 10.1. The third-order valence-electron chi connectivity index (χ3n) is 3.59. The molecule has 1 fully saturated rings. The van der Waals surface area contributed by atoms with Gasteiger partial charge in [0, 0.05) is 19.7 Å². The van der Waals surface area contributed by atoms with Crippen molar-refractivity contribution < 1.29 is 4.79 Å². The summed E-state index contributed by atoms with van der Waals surface area (Å²) < 4.78 is 1.63. The summed E-state index contributed by atoms with van der Waals surface area (Å²) >= 11 is 1.45. The Bertz CT molecular complexity index is 616. The van der Waals surface area contributed by atoms with Gasteiger partial charge in [0.05, 0.1) is 11.9 Å². The predicted molar refractivity (Wildman–Crippen MR) is 81.4 cm³/mol. The molecule has 2 aromatic heterocycles. The van der Waals surface area contributed by atoms with Crippen molar-refractivity contribution in [2.24, 2.45) is 13.0 Å². The quantitative estimate of drug-likeness (QED) is 0.909. The molecule has 1 saturated carbocycles. The molecule has 112 valence electrons. The van der Waals surface area contributed by atoms with Crippen LogP contribution < -0.4 is 10.6 Å². The van der Waals surface area contributed by atoms with Crippen LogP contribution in [0.3, 0.4) is 0 Å². The molecule has 0 aromatic carbocycles. The highest BCUT2D eigenvalue weighted by Gasteiger charge is 2.18. The van der Waals surface area contributed by atoms with Crippen molar-refractivity contribution in [3.63, 3.8) is 0 Å². The van der Waals surface area contributed by atoms with E-state index in [0.717, 1.165) is 17.3 Å². The minimum absolute atomic E-state index is 0.327. The van der Waals surface area contributed by atoms with Crippen LogP contribution in [-0.2, 0) is 13.5 Å². The maximum absolute atomic E-state index is 11.8. The maximum atomic E-state index is 11.8. The van der Waals surface area contributed by atoms with E-state index in [1.54, 1.807) is 24.1 Å². The van der Waals surface area contributed by atoms with E-state index in [4.69, 9.17) is 0 Å². The van der Waals surface area contributed by atoms with Gasteiger partial charge in [-0.05, 0) is 5.92 Å². The molecule has 2 aromatic rings. The van der Waals surface area contributed by atoms with Crippen molar-refractivity contribution in [1.82, 2.24) is 20.0 Å². The molecule has 7 nitrogen and oxygen atoms in total. The van der Waals surface area contributed by atoms with Gasteiger partial charge in [-0.1, -0.05) is 37.0 Å². The molecule has 0 atom stereocenters. The van der Waals surface area contributed by atoms with Crippen LogP contribution in [0.5, 0.6) is 0 Å². The van der Waals surface area contributed by atoms with Crippen molar-refractivity contribution in [2.45, 2.75) is 32.1 Å². The van der Waals surface area contributed by atoms with Crippen LogP contribution in [0.1, 0.15) is 30.7 Å². The molecule has 0 radical (unpaired) electrons. The number of hydrogen-bond acceptors (Lipinski definition) is 5. The first-order valence-corrected chi connectivity index (χ1v) is 7.90. The topological polar surface area (TPSA) is 84.7 Å². The highest BCUT2D eigenvalue weighted by Crippen LogP contribution is 2.29. The molecule has 21 heavy (non-hydrogen) atoms. The van der Waals surface area contributed by atoms with Crippen molar-refractivity contribution in [3.05, 3.63) is 17.4 Å². The Balaban J connectivity index is 1.52. The zero-order valence-corrected chi connectivity index (χ0v) is 12.7. The fourth-order valence-corrected chi connectivity index (χ4v) is 3.44. The molecule has 1 aliphatic carbocycles. The zero-order chi connectivity index (χ0) is 14.7. The number of anilines is 2. The molecule has 2 amide bonds. The third-order valence-corrected chi connectivity index (χ3v) is 4.45. The minimum Gasteiger partial charge on any atom is -0.305 e. The van der Waals surface area contributed by atoms with Crippen LogP contribution >= 0.6 is 11.3 Å². The number of carbonyl (C=O) groups is 1. The van der Waals surface area contributed by atoms with Crippen LogP contribution in [0, 0.1) is 5.92 Å². The molecule has 0 bridgehead atoms. The second kappa shape index (κ2) is 6.21. The summed E-state index contributed by atoms with van der Waals surface area (Å²) in [5.41, 5.74) is 0.644. The number of urea groups is 1. The van der Waals surface area contributed by atoms with Gasteiger partial charge in [0.1, 0.15) is 5.01 Å². The number of nitrogens with zero attached hydrogens (tertiary/aromatic N) is 4. The second-order valence-electron chi connectivity index (χ2n) is 5.34. The van der Waals surface area contributed by atoms with Gasteiger partial charge < -0.3 is 5.32 Å². The van der Waals surface area contributed by atoms with Crippen LogP contribution in [0.2, 0.25) is 0 Å². The summed E-state index contributed by atoms with van der Waals surface area (Å²) in [4.78, 5) is 11.8. The van der Waals surface area contributed by atoms with E-state index in [9.17, 15) is 4.79 Å². The summed E-state index contributed by atoms with van der Waals surface area (Å²) in [5, 5.41) is 19.1. The molecule has 8 heteroatoms. The van der Waals surface area contributed by atoms with Gasteiger partial charge in [-0.25, -0.2) is 4.79 Å². The Morgan fingerprint density at radius 2 is 2.19 bits per heavy atom. The highest BCUT2D eigenvalue weighted by molar-refractivity contribution is 7.15. The number of nitrogens with one attached hydrogen (secondary N) is 2. The Morgan fingerprint density at radius 3 is 2.90 bits per heavy atom. The first kappa shape index (κ1) is 14.0. The summed E-state index contributed by atoms with van der Waals surface area (Å²) in [6.45, 7) is 0. The zero-order valence-electron chi connectivity index (χ0n) is 11.9. The molecule has 1 aliphatic rings. The number of amides is 2. The first-order valence-electron chi connectivity index (χ1n) is 7.08. The lowest BCUT2D eigenvalue weighted by Gasteiger charge is -2.03. The molecule has 2 heterocycles. The maximum Gasteiger partial charge on any atom is 0.325 e. The highest BCUT2D eigenvalue weighted by atomic mass is 32.1. The predicted octanol–water partition coefficient (Wildman–Crippen LogP) is 2.65. The Morgan fingerprint density at radius 1 is 1.38 bits per heavy atom. The first-order chi connectivity index (χ1) is 10.2. The van der Waals surface area contributed by atoms with Crippen molar-refractivity contribution in [1.29, 1.82) is 0 Å². The lowest BCUT2D eigenvalue weighted by molar-refractivity contribution is 0.262. The molecule has 0 unspecified atom stereocenters. The average Bonchev–Trinajstić information content (AvgIpc) is 3.15. The summed E-state index contributed by atoms with van der Waals surface area (Å²) in [6, 6.07) is -0.327. The molecule has 0 saturated heterocycles. The monoisotopic (exact) mass is 306 g/mol. The van der Waals surface area contributed by atoms with Gasteiger partial charge >= 0.3 is 6.03 Å². The van der Waals surface area contributed by atoms with Gasteiger partial charge in [0.2, 0.25) is 5.13 Å². The van der Waals surface area contributed by atoms with Crippen molar-refractivity contribution in [2.75, 3.05) is 10.6 Å². The summed E-state index contributed by atoms with van der Waals surface area (Å²) in [6.07, 6.45) is 9.50. The second-order valence-corrected chi connectivity index (χ2v) is 6.40. The smallest absolute Gasteiger partial charge is 0.305 e. The Kier molecular flexibility index (Phi) is 4.14. The van der Waals surface area contributed by atoms with E-state index >= 15 is 0 Å². The van der Waals surface area contributed by atoms with Crippen LogP contribution in [-0.4, -0.2) is 26.0 Å². The molecular formula is C13H18N6OS. The van der Waals surface area contributed by atoms with E-state index in [0.29, 0.717) is 10.8 Å². The number of aryl methyl sites for hydroxylation is 1. The van der Waals surface area contributed by atoms with Crippen molar-refractivity contribution >= 4 is 28.2 Å². The van der Waals surface area contributed by atoms with E-state index in [1.165, 1.54) is 37.0 Å². The van der Waals surface area contributed by atoms with E-state index in [1.807, 2.05) is 0 Å². The Hall–Kier alpha value is -1.96. The number of rotatable bonds is 4. The number of hydrogen-bond donors (Lipinski definition) is 2. The van der Waals surface area contributed by atoms with E-state index in [-0.39, 0.29) is 6.03 Å². The van der Waals surface area contributed by atoms with E-state index < -0.39 is 0 Å². The molecule has 0 aliphatic heterocycles. The molecular weight excluding hydrogens is 288 g/mol. The molecule has 0 spiro atoms. The fraction of sp³-hybridized carbons (Fsp3) is 0.538. The van der Waals surface area contributed by atoms with Gasteiger partial charge in [-0.2, -0.15) is 5.10 Å². The van der Waals surface area contributed by atoms with Gasteiger partial charge in [-0.15, -0.1) is 10.2 Å². The molecule has 3 rings (SSSR count). The van der Waals surface area contributed by atoms with Crippen LogP contribution in [0.4, 0.5) is 15.6 Å². The van der Waals surface area contributed by atoms with Gasteiger partial charge in [0.25, 0.3) is 0 Å². The summed E-state index contributed by atoms with van der Waals surface area (Å²) in [5.74, 6) is 0.731. The standard InChI is InChI=1S/C13H18N6OS/c1-19-8-10(7-14-19)15-12(20)16-13-18-17-11(21-13)6-9-4-2-3-5-9/h7-9H,2-6H2,1H3,(H2,15,16,18,20). The van der Waals surface area contributed by atoms with E-state index in [2.05, 4.69) is 25.9 Å². The van der Waals surface area contributed by atoms with Gasteiger partial charge in [0.15, 0.2) is 0 Å². The molecule has 2 N–H and O–H groups in total. The number of carbonyl (C=O) groups excluding carboxylic acids is 1. The minimum atomic E-state index is -0.327. The third kappa shape index (κ3) is 3.78. The van der Waals surface area contributed by atoms with Crippen LogP contribution in [0.25, 0.3) is 0 Å². The average molecular weight is 306 g/mol. The Labute approximate surface area is 126 Å². The lowest BCUT2D eigenvalue weighted by Crippen LogP contribution is -2.18. The SMILES string of the molecule is Cn1cc(NC(=O)Nc2nnc(CC3CCCC3)s2)cn1. The summed E-state index contributed by atoms with van der Waals surface area (Å²) in [7, 11) is 1.79. The van der Waals surface area contributed by atoms with Crippen molar-refractivity contribution in [3.8, 4) is 0 Å². The largest absolute Gasteiger partial charge is 0.325 e. The fourth-order valence-electron chi connectivity index (χ4n) is 2.59. The number of aromatic nitrogens is 4. The van der Waals surface area contributed by atoms with Crippen LogP contribution in [0.15, 0.2) is 12.4 Å². The normalized spacial score (nSPS) is 15.3.